The zero-order valence-corrected chi connectivity index (χ0v) is 21.4. The standard InChI is InChI=1S/C28H32N4O3S/c1-22-2-4-23(5-3-22)24-6-8-27(9-7-24)36(34,35)32-20-18-31(19-21-32)28(33)25-12-16-30(17-13-25)26-10-14-29-15-11-26/h2-11,14-15,25H,12-13,16-21H2,1H3. The van der Waals surface area contributed by atoms with Crippen molar-refractivity contribution in [3.63, 3.8) is 0 Å². The molecule has 7 nitrogen and oxygen atoms in total. The lowest BCUT2D eigenvalue weighted by molar-refractivity contribution is -0.137. The number of aromatic nitrogens is 1. The largest absolute Gasteiger partial charge is 0.371 e. The number of amides is 1. The first kappa shape index (κ1) is 24.5. The predicted molar refractivity (Wildman–Crippen MR) is 141 cm³/mol. The Kier molecular flexibility index (Phi) is 7.07. The van der Waals surface area contributed by atoms with E-state index in [2.05, 4.69) is 9.88 Å². The van der Waals surface area contributed by atoms with E-state index in [1.807, 2.05) is 60.4 Å². The van der Waals surface area contributed by atoms with E-state index >= 15 is 0 Å². The van der Waals surface area contributed by atoms with Gasteiger partial charge in [-0.1, -0.05) is 42.0 Å². The Morgan fingerprint density at radius 1 is 0.778 bits per heavy atom. The van der Waals surface area contributed by atoms with Crippen LogP contribution in [0, 0.1) is 12.8 Å². The second kappa shape index (κ2) is 10.4. The van der Waals surface area contributed by atoms with Gasteiger partial charge in [0, 0.05) is 63.3 Å². The third-order valence-corrected chi connectivity index (χ3v) is 9.21. The average Bonchev–Trinajstić information content (AvgIpc) is 2.94. The lowest BCUT2D eigenvalue weighted by atomic mass is 9.94. The van der Waals surface area contributed by atoms with E-state index in [1.165, 1.54) is 9.87 Å². The summed E-state index contributed by atoms with van der Waals surface area (Å²) in [6, 6.07) is 19.2. The van der Waals surface area contributed by atoms with Gasteiger partial charge in [0.1, 0.15) is 0 Å². The number of aryl methyl sites for hydroxylation is 1. The van der Waals surface area contributed by atoms with Gasteiger partial charge in [0.2, 0.25) is 15.9 Å². The maximum Gasteiger partial charge on any atom is 0.243 e. The highest BCUT2D eigenvalue weighted by atomic mass is 32.2. The van der Waals surface area contributed by atoms with Gasteiger partial charge in [-0.05, 0) is 55.2 Å². The van der Waals surface area contributed by atoms with E-state index in [0.29, 0.717) is 31.1 Å². The molecule has 3 heterocycles. The van der Waals surface area contributed by atoms with Gasteiger partial charge in [-0.25, -0.2) is 8.42 Å². The van der Waals surface area contributed by atoms with Gasteiger partial charge in [0.15, 0.2) is 0 Å². The predicted octanol–water partition coefficient (Wildman–Crippen LogP) is 3.81. The van der Waals surface area contributed by atoms with E-state index in [0.717, 1.165) is 42.7 Å². The van der Waals surface area contributed by atoms with Crippen LogP contribution in [-0.2, 0) is 14.8 Å². The molecular weight excluding hydrogens is 472 g/mol. The summed E-state index contributed by atoms with van der Waals surface area (Å²) in [5, 5.41) is 0. The topological polar surface area (TPSA) is 73.8 Å². The van der Waals surface area contributed by atoms with E-state index in [-0.39, 0.29) is 11.8 Å². The third kappa shape index (κ3) is 5.15. The quantitative estimate of drug-likeness (QED) is 0.528. The van der Waals surface area contributed by atoms with Gasteiger partial charge in [0.25, 0.3) is 0 Å². The summed E-state index contributed by atoms with van der Waals surface area (Å²) in [6.45, 7) is 5.24. The number of carbonyl (C=O) groups excluding carboxylic acids is 1. The second-order valence-corrected chi connectivity index (χ2v) is 11.5. The summed E-state index contributed by atoms with van der Waals surface area (Å²) in [5.74, 6) is 0.157. The van der Waals surface area contributed by atoms with Crippen molar-refractivity contribution in [3.8, 4) is 11.1 Å². The molecule has 0 bridgehead atoms. The number of anilines is 1. The van der Waals surface area contributed by atoms with Crippen molar-refractivity contribution in [2.75, 3.05) is 44.2 Å². The van der Waals surface area contributed by atoms with Crippen molar-refractivity contribution < 1.29 is 13.2 Å². The van der Waals surface area contributed by atoms with Gasteiger partial charge in [-0.2, -0.15) is 4.31 Å². The summed E-state index contributed by atoms with van der Waals surface area (Å²) in [6.07, 6.45) is 5.21. The van der Waals surface area contributed by atoms with Crippen LogP contribution in [0.3, 0.4) is 0 Å². The van der Waals surface area contributed by atoms with E-state index < -0.39 is 10.0 Å². The molecule has 8 heteroatoms. The van der Waals surface area contributed by atoms with Crippen molar-refractivity contribution >= 4 is 21.6 Å². The van der Waals surface area contributed by atoms with Crippen LogP contribution in [0.1, 0.15) is 18.4 Å². The number of hydrogen-bond donors (Lipinski definition) is 0. The summed E-state index contributed by atoms with van der Waals surface area (Å²) in [4.78, 5) is 21.6. The molecular formula is C28H32N4O3S. The SMILES string of the molecule is Cc1ccc(-c2ccc(S(=O)(=O)N3CCN(C(=O)C4CCN(c5ccncc5)CC4)CC3)cc2)cc1. The Bertz CT molecular complexity index is 1280. The Morgan fingerprint density at radius 3 is 1.92 bits per heavy atom. The van der Waals surface area contributed by atoms with Crippen LogP contribution in [0.2, 0.25) is 0 Å². The molecule has 1 aromatic heterocycles. The van der Waals surface area contributed by atoms with Crippen LogP contribution in [0.4, 0.5) is 5.69 Å². The van der Waals surface area contributed by atoms with E-state index in [9.17, 15) is 13.2 Å². The van der Waals surface area contributed by atoms with Crippen molar-refractivity contribution in [1.29, 1.82) is 0 Å². The molecule has 5 rings (SSSR count). The molecule has 0 unspecified atom stereocenters. The maximum atomic E-state index is 13.2. The highest BCUT2D eigenvalue weighted by Gasteiger charge is 2.34. The van der Waals surface area contributed by atoms with Gasteiger partial charge >= 0.3 is 0 Å². The average molecular weight is 505 g/mol. The smallest absolute Gasteiger partial charge is 0.243 e. The Labute approximate surface area is 213 Å². The number of hydrogen-bond acceptors (Lipinski definition) is 5. The van der Waals surface area contributed by atoms with E-state index in [4.69, 9.17) is 0 Å². The first-order chi connectivity index (χ1) is 17.4. The molecule has 0 N–H and O–H groups in total. The normalized spacial score (nSPS) is 17.8. The molecule has 188 valence electrons. The molecule has 2 aromatic carbocycles. The highest BCUT2D eigenvalue weighted by molar-refractivity contribution is 7.89. The van der Waals surface area contributed by atoms with Crippen molar-refractivity contribution in [2.45, 2.75) is 24.7 Å². The number of piperidine rings is 1. The lowest BCUT2D eigenvalue weighted by Crippen LogP contribution is -2.52. The molecule has 36 heavy (non-hydrogen) atoms. The van der Waals surface area contributed by atoms with E-state index in [1.54, 1.807) is 24.5 Å². The number of carbonyl (C=O) groups is 1. The third-order valence-electron chi connectivity index (χ3n) is 7.30. The van der Waals surface area contributed by atoms with Gasteiger partial charge in [-0.3, -0.25) is 9.78 Å². The number of rotatable bonds is 5. The van der Waals surface area contributed by atoms with Crippen LogP contribution < -0.4 is 4.90 Å². The molecule has 2 saturated heterocycles. The first-order valence-electron chi connectivity index (χ1n) is 12.5. The van der Waals surface area contributed by atoms with Gasteiger partial charge in [0.05, 0.1) is 4.90 Å². The molecule has 3 aromatic rings. The zero-order chi connectivity index (χ0) is 25.1. The minimum atomic E-state index is -3.60. The van der Waals surface area contributed by atoms with Gasteiger partial charge < -0.3 is 9.80 Å². The molecule has 1 amide bonds. The summed E-state index contributed by atoms with van der Waals surface area (Å²) in [5.41, 5.74) is 4.37. The van der Waals surface area contributed by atoms with Crippen LogP contribution >= 0.6 is 0 Å². The van der Waals surface area contributed by atoms with Crippen molar-refractivity contribution in [3.05, 3.63) is 78.6 Å². The Hall–Kier alpha value is -3.23. The minimum Gasteiger partial charge on any atom is -0.371 e. The van der Waals surface area contributed by atoms with Crippen LogP contribution in [0.25, 0.3) is 11.1 Å². The number of sulfonamides is 1. The fourth-order valence-corrected chi connectivity index (χ4v) is 6.48. The molecule has 2 fully saturated rings. The Balaban J connectivity index is 1.16. The zero-order valence-electron chi connectivity index (χ0n) is 20.6. The molecule has 0 radical (unpaired) electrons. The minimum absolute atomic E-state index is 0.000521. The number of pyridine rings is 1. The van der Waals surface area contributed by atoms with Crippen molar-refractivity contribution in [2.24, 2.45) is 5.92 Å². The number of piperazine rings is 1. The fraction of sp³-hybridized carbons (Fsp3) is 0.357. The summed E-state index contributed by atoms with van der Waals surface area (Å²) in [7, 11) is -3.60. The van der Waals surface area contributed by atoms with Gasteiger partial charge in [-0.15, -0.1) is 0 Å². The second-order valence-electron chi connectivity index (χ2n) is 9.59. The number of nitrogens with zero attached hydrogens (tertiary/aromatic N) is 4. The monoisotopic (exact) mass is 504 g/mol. The molecule has 2 aliphatic heterocycles. The lowest BCUT2D eigenvalue weighted by Gasteiger charge is -2.38. The summed E-state index contributed by atoms with van der Waals surface area (Å²) >= 11 is 0. The van der Waals surface area contributed by atoms with Crippen LogP contribution in [0.15, 0.2) is 78.0 Å². The molecule has 0 spiro atoms. The highest BCUT2D eigenvalue weighted by Crippen LogP contribution is 2.27. The molecule has 0 saturated carbocycles. The Morgan fingerprint density at radius 2 is 1.33 bits per heavy atom. The van der Waals surface area contributed by atoms with Crippen LogP contribution in [0.5, 0.6) is 0 Å². The number of benzene rings is 2. The van der Waals surface area contributed by atoms with Crippen LogP contribution in [-0.4, -0.2) is 67.8 Å². The molecule has 0 atom stereocenters. The maximum absolute atomic E-state index is 13.2. The fourth-order valence-electron chi connectivity index (χ4n) is 5.06. The van der Waals surface area contributed by atoms with Crippen molar-refractivity contribution in [1.82, 2.24) is 14.2 Å². The molecule has 2 aliphatic rings. The molecule has 0 aliphatic carbocycles. The summed E-state index contributed by atoms with van der Waals surface area (Å²) < 4.78 is 28.0. The first-order valence-corrected chi connectivity index (χ1v) is 14.0.